The van der Waals surface area contributed by atoms with E-state index in [1.54, 1.807) is 30.1 Å². The van der Waals surface area contributed by atoms with Gasteiger partial charge in [0.05, 0.1) is 24.2 Å². The highest BCUT2D eigenvalue weighted by molar-refractivity contribution is 5.98. The Morgan fingerprint density at radius 2 is 2.00 bits per heavy atom. The van der Waals surface area contributed by atoms with E-state index in [4.69, 9.17) is 4.42 Å². The van der Waals surface area contributed by atoms with Crippen LogP contribution in [-0.2, 0) is 6.54 Å². The molecule has 1 N–H and O–H groups in total. The first-order valence-corrected chi connectivity index (χ1v) is 10.6. The van der Waals surface area contributed by atoms with Crippen LogP contribution in [0.3, 0.4) is 0 Å². The number of carbonyl (C=O) groups excluding carboxylic acids is 1. The lowest BCUT2D eigenvalue weighted by Gasteiger charge is -2.33. The molecule has 8 nitrogen and oxygen atoms in total. The topological polar surface area (TPSA) is 81.1 Å². The number of benzene rings is 1. The van der Waals surface area contributed by atoms with Gasteiger partial charge in [0.1, 0.15) is 17.1 Å². The number of carbonyl (C=O) groups is 1. The third kappa shape index (κ3) is 4.04. The van der Waals surface area contributed by atoms with E-state index in [2.05, 4.69) is 15.5 Å². The molecule has 1 aliphatic rings. The summed E-state index contributed by atoms with van der Waals surface area (Å²) >= 11 is 0. The number of nitrogens with zero attached hydrogens (tertiary/aromatic N) is 5. The molecule has 0 radical (unpaired) electrons. The Labute approximate surface area is 192 Å². The Morgan fingerprint density at radius 3 is 2.65 bits per heavy atom. The summed E-state index contributed by atoms with van der Waals surface area (Å²) in [4.78, 5) is 14.6. The highest BCUT2D eigenvalue weighted by atomic mass is 19.4. The molecule has 3 aromatic heterocycles. The van der Waals surface area contributed by atoms with Crippen molar-refractivity contribution in [3.63, 3.8) is 0 Å². The Bertz CT molecular complexity index is 1260. The molecule has 1 aromatic carbocycles. The molecule has 0 saturated carbocycles. The van der Waals surface area contributed by atoms with Crippen molar-refractivity contribution >= 4 is 11.7 Å². The largest absolute Gasteiger partial charge is 0.467 e. The number of aromatic nitrogens is 4. The first-order valence-electron chi connectivity index (χ1n) is 10.6. The van der Waals surface area contributed by atoms with Crippen LogP contribution in [0.5, 0.6) is 0 Å². The van der Waals surface area contributed by atoms with Gasteiger partial charge in [-0.1, -0.05) is 12.1 Å². The van der Waals surface area contributed by atoms with Crippen LogP contribution in [0, 0.1) is 0 Å². The first-order chi connectivity index (χ1) is 16.3. The van der Waals surface area contributed by atoms with Gasteiger partial charge in [0.15, 0.2) is 6.04 Å². The lowest BCUT2D eigenvalue weighted by molar-refractivity contribution is -0.174. The predicted octanol–water partition coefficient (Wildman–Crippen LogP) is 4.59. The van der Waals surface area contributed by atoms with Crippen molar-refractivity contribution in [2.24, 2.45) is 0 Å². The van der Waals surface area contributed by atoms with Gasteiger partial charge < -0.3 is 14.6 Å². The predicted molar refractivity (Wildman–Crippen MR) is 116 cm³/mol. The molecule has 5 rings (SSSR count). The number of fused-ring (bicyclic) bond motifs is 1. The second-order valence-corrected chi connectivity index (χ2v) is 8.14. The minimum atomic E-state index is -4.53. The van der Waals surface area contributed by atoms with Gasteiger partial charge in [-0.05, 0) is 35.9 Å². The van der Waals surface area contributed by atoms with Gasteiger partial charge in [0.2, 0.25) is 0 Å². The number of alkyl halides is 3. The zero-order chi connectivity index (χ0) is 23.9. The van der Waals surface area contributed by atoms with E-state index in [0.29, 0.717) is 5.76 Å². The van der Waals surface area contributed by atoms with Crippen LogP contribution < -0.4 is 5.32 Å². The molecule has 0 aliphatic carbocycles. The summed E-state index contributed by atoms with van der Waals surface area (Å²) in [5, 5.41) is 11.1. The summed E-state index contributed by atoms with van der Waals surface area (Å²) in [5.74, 6) is -0.0440. The number of halogens is 3. The number of anilines is 1. The fourth-order valence-electron chi connectivity index (χ4n) is 4.12. The van der Waals surface area contributed by atoms with Crippen molar-refractivity contribution in [3.8, 4) is 5.69 Å². The monoisotopic (exact) mass is 470 g/mol. The molecule has 0 bridgehead atoms. The van der Waals surface area contributed by atoms with Crippen molar-refractivity contribution in [2.75, 3.05) is 12.4 Å². The standard InChI is InChI=1S/C23H21F3N6O2/c1-30(14-15-5-7-16(8-6-15)31-10-3-9-27-31)22(33)17-13-28-32-20(23(24,25)26)12-18(29-21(17)32)19-4-2-11-34-19/h2-11,13,18,20,29H,12,14H2,1H3/t18-,20+/m1/s1. The quantitative estimate of drug-likeness (QED) is 0.461. The summed E-state index contributed by atoms with van der Waals surface area (Å²) in [5.41, 5.74) is 1.81. The van der Waals surface area contributed by atoms with E-state index in [0.717, 1.165) is 15.9 Å². The summed E-state index contributed by atoms with van der Waals surface area (Å²) in [6.45, 7) is 0.271. The molecule has 176 valence electrons. The summed E-state index contributed by atoms with van der Waals surface area (Å²) in [6, 6.07) is 9.94. The molecule has 0 unspecified atom stereocenters. The summed E-state index contributed by atoms with van der Waals surface area (Å²) < 4.78 is 49.3. The maximum atomic E-state index is 13.8. The Balaban J connectivity index is 1.38. The van der Waals surface area contributed by atoms with Gasteiger partial charge in [0.25, 0.3) is 5.91 Å². The van der Waals surface area contributed by atoms with E-state index in [9.17, 15) is 18.0 Å². The van der Waals surface area contributed by atoms with Gasteiger partial charge in [-0.25, -0.2) is 9.36 Å². The van der Waals surface area contributed by atoms with Crippen molar-refractivity contribution in [1.82, 2.24) is 24.5 Å². The zero-order valence-electron chi connectivity index (χ0n) is 18.1. The van der Waals surface area contributed by atoms with Crippen molar-refractivity contribution in [2.45, 2.75) is 31.2 Å². The van der Waals surface area contributed by atoms with Crippen molar-refractivity contribution in [1.29, 1.82) is 0 Å². The minimum absolute atomic E-state index is 0.0286. The molecular weight excluding hydrogens is 449 g/mol. The summed E-state index contributed by atoms with van der Waals surface area (Å²) in [6.07, 6.45) is 1.27. The number of furan rings is 1. The van der Waals surface area contributed by atoms with Crippen LogP contribution in [0.15, 0.2) is 71.7 Å². The van der Waals surface area contributed by atoms with E-state index < -0.39 is 24.2 Å². The highest BCUT2D eigenvalue weighted by Gasteiger charge is 2.47. The molecule has 0 spiro atoms. The molecule has 1 amide bonds. The molecule has 4 heterocycles. The van der Waals surface area contributed by atoms with Crippen LogP contribution in [0.1, 0.15) is 40.2 Å². The number of nitrogens with one attached hydrogen (secondary N) is 1. The lowest BCUT2D eigenvalue weighted by Crippen LogP contribution is -2.36. The van der Waals surface area contributed by atoms with E-state index in [1.165, 1.54) is 17.4 Å². The maximum absolute atomic E-state index is 13.8. The molecule has 34 heavy (non-hydrogen) atoms. The van der Waals surface area contributed by atoms with Gasteiger partial charge in [-0.2, -0.15) is 23.4 Å². The molecule has 4 aromatic rings. The van der Waals surface area contributed by atoms with Gasteiger partial charge in [0, 0.05) is 32.4 Å². The fraction of sp³-hybridized carbons (Fsp3) is 0.261. The average Bonchev–Trinajstić information content (AvgIpc) is 3.59. The van der Waals surface area contributed by atoms with Crippen molar-refractivity contribution in [3.05, 3.63) is 84.2 Å². The maximum Gasteiger partial charge on any atom is 0.410 e. The SMILES string of the molecule is CN(Cc1ccc(-n2cccn2)cc1)C(=O)c1cnn2c1N[C@@H](c1ccco1)C[C@H]2C(F)(F)F. The van der Waals surface area contributed by atoms with Crippen molar-refractivity contribution < 1.29 is 22.4 Å². The number of hydrogen-bond acceptors (Lipinski definition) is 5. The number of amides is 1. The first kappa shape index (κ1) is 21.8. The Morgan fingerprint density at radius 1 is 1.21 bits per heavy atom. The third-order valence-corrected chi connectivity index (χ3v) is 5.83. The zero-order valence-corrected chi connectivity index (χ0v) is 18.1. The van der Waals surface area contributed by atoms with E-state index in [1.807, 2.05) is 36.5 Å². The molecular formula is C23H21F3N6O2. The van der Waals surface area contributed by atoms with Crippen LogP contribution in [0.4, 0.5) is 19.0 Å². The highest BCUT2D eigenvalue weighted by Crippen LogP contribution is 2.44. The van der Waals surface area contributed by atoms with Crippen LogP contribution in [0.25, 0.3) is 5.69 Å². The Hall–Kier alpha value is -4.02. The Kier molecular flexibility index (Phi) is 5.39. The average molecular weight is 470 g/mol. The van der Waals surface area contributed by atoms with Crippen LogP contribution in [0.2, 0.25) is 0 Å². The van der Waals surface area contributed by atoms with Crippen LogP contribution in [-0.4, -0.2) is 43.6 Å². The van der Waals surface area contributed by atoms with Gasteiger partial charge in [-0.3, -0.25) is 4.79 Å². The van der Waals surface area contributed by atoms with E-state index in [-0.39, 0.29) is 24.3 Å². The molecule has 11 heteroatoms. The fourth-order valence-corrected chi connectivity index (χ4v) is 4.12. The third-order valence-electron chi connectivity index (χ3n) is 5.83. The smallest absolute Gasteiger partial charge is 0.410 e. The van der Waals surface area contributed by atoms with Gasteiger partial charge in [-0.15, -0.1) is 0 Å². The van der Waals surface area contributed by atoms with Crippen LogP contribution >= 0.6 is 0 Å². The second-order valence-electron chi connectivity index (χ2n) is 8.14. The molecule has 0 saturated heterocycles. The number of hydrogen-bond donors (Lipinski definition) is 1. The number of rotatable bonds is 5. The normalized spacial score (nSPS) is 17.8. The van der Waals surface area contributed by atoms with E-state index >= 15 is 0 Å². The van der Waals surface area contributed by atoms with Gasteiger partial charge >= 0.3 is 6.18 Å². The lowest BCUT2D eigenvalue weighted by atomic mass is 10.0. The molecule has 1 aliphatic heterocycles. The molecule has 0 fully saturated rings. The minimum Gasteiger partial charge on any atom is -0.467 e. The molecule has 2 atom stereocenters. The second kappa shape index (κ2) is 8.40. The summed E-state index contributed by atoms with van der Waals surface area (Å²) in [7, 11) is 1.60.